The third-order valence-corrected chi connectivity index (χ3v) is 13.6. The SMILES string of the molecule is c1ccc2c(c1)Sc1ccc(-c3ccccc3-c3ccc4c(c3)C3(c5ccccc5-4)C4CC5CC(C4)CC3C5)c3cccc-2c13. The minimum atomic E-state index is 0.190. The third kappa shape index (κ3) is 3.25. The van der Waals surface area contributed by atoms with Gasteiger partial charge in [0.1, 0.15) is 0 Å². The monoisotopic (exact) mass is 594 g/mol. The molecule has 45 heavy (non-hydrogen) atoms. The number of fused-ring (bicyclic) bond motifs is 5. The highest BCUT2D eigenvalue weighted by Gasteiger charge is 2.61. The van der Waals surface area contributed by atoms with E-state index < -0.39 is 0 Å². The zero-order chi connectivity index (χ0) is 29.3. The third-order valence-electron chi connectivity index (χ3n) is 12.5. The fraction of sp³-hybridized carbons (Fsp3) is 0.227. The average Bonchev–Trinajstić information content (AvgIpc) is 3.37. The van der Waals surface area contributed by atoms with Gasteiger partial charge in [-0.25, -0.2) is 0 Å². The lowest BCUT2D eigenvalue weighted by atomic mass is 9.43. The first-order valence-electron chi connectivity index (χ1n) is 16.9. The summed E-state index contributed by atoms with van der Waals surface area (Å²) in [6, 6.07) is 46.7. The Morgan fingerprint density at radius 2 is 1.09 bits per heavy atom. The first-order valence-corrected chi connectivity index (χ1v) is 17.8. The number of benzene rings is 6. The maximum atomic E-state index is 2.65. The van der Waals surface area contributed by atoms with Gasteiger partial charge in [0.25, 0.3) is 0 Å². The van der Waals surface area contributed by atoms with Crippen molar-refractivity contribution in [2.75, 3.05) is 0 Å². The van der Waals surface area contributed by atoms with Crippen LogP contribution >= 0.6 is 11.8 Å². The van der Waals surface area contributed by atoms with Crippen molar-refractivity contribution in [3.05, 3.63) is 132 Å². The molecule has 216 valence electrons. The molecular formula is C44H34S. The van der Waals surface area contributed by atoms with E-state index in [1.165, 1.54) is 97.2 Å². The molecule has 4 saturated carbocycles. The van der Waals surface area contributed by atoms with Crippen LogP contribution in [0, 0.1) is 23.7 Å². The van der Waals surface area contributed by atoms with Crippen LogP contribution in [0.15, 0.2) is 131 Å². The Balaban J connectivity index is 1.11. The minimum Gasteiger partial charge on any atom is -0.0888 e. The predicted molar refractivity (Wildman–Crippen MR) is 188 cm³/mol. The molecule has 0 nitrogen and oxygen atoms in total. The van der Waals surface area contributed by atoms with E-state index in [0.29, 0.717) is 0 Å². The van der Waals surface area contributed by atoms with Crippen LogP contribution < -0.4 is 0 Å². The van der Waals surface area contributed by atoms with Gasteiger partial charge in [-0.2, -0.15) is 0 Å². The van der Waals surface area contributed by atoms with Crippen LogP contribution in [0.4, 0.5) is 0 Å². The summed E-state index contributed by atoms with van der Waals surface area (Å²) in [5, 5.41) is 2.75. The summed E-state index contributed by atoms with van der Waals surface area (Å²) in [5.74, 6) is 3.47. The standard InChI is InChI=1S/C44H34S/c1-2-9-32(33-18-19-42-43-37(33)12-7-13-38(43)36-11-4-6-15-41(36)45-42)31(8-1)28-16-17-35-34-10-3-5-14-39(34)44(40(35)25-28)29-21-26-20-27(23-29)24-30(44)22-26/h1-19,25-27,29-30H,20-24H2. The molecule has 6 aromatic rings. The Morgan fingerprint density at radius 3 is 1.91 bits per heavy atom. The summed E-state index contributed by atoms with van der Waals surface area (Å²) in [6.07, 6.45) is 7.17. The smallest absolute Gasteiger partial charge is 0.0272 e. The van der Waals surface area contributed by atoms with Gasteiger partial charge in [0.2, 0.25) is 0 Å². The Kier molecular flexibility index (Phi) is 5.04. The molecule has 1 aliphatic heterocycles. The second kappa shape index (κ2) is 9.02. The van der Waals surface area contributed by atoms with E-state index in [0.717, 1.165) is 23.7 Å². The van der Waals surface area contributed by atoms with Gasteiger partial charge in [-0.1, -0.05) is 115 Å². The van der Waals surface area contributed by atoms with Crippen LogP contribution in [-0.2, 0) is 5.41 Å². The van der Waals surface area contributed by atoms with Crippen molar-refractivity contribution in [1.82, 2.24) is 0 Å². The molecule has 4 fully saturated rings. The summed E-state index contributed by atoms with van der Waals surface area (Å²) in [6.45, 7) is 0. The van der Waals surface area contributed by atoms with Crippen LogP contribution in [-0.4, -0.2) is 0 Å². The Morgan fingerprint density at radius 1 is 0.444 bits per heavy atom. The molecule has 1 heterocycles. The van der Waals surface area contributed by atoms with Gasteiger partial charge >= 0.3 is 0 Å². The zero-order valence-corrected chi connectivity index (χ0v) is 26.1. The highest BCUT2D eigenvalue weighted by molar-refractivity contribution is 7.99. The lowest BCUT2D eigenvalue weighted by Gasteiger charge is -2.61. The van der Waals surface area contributed by atoms with Crippen molar-refractivity contribution in [2.45, 2.75) is 47.3 Å². The van der Waals surface area contributed by atoms with Crippen LogP contribution in [0.1, 0.15) is 43.2 Å². The fourth-order valence-electron chi connectivity index (χ4n) is 11.1. The molecular weight excluding hydrogens is 561 g/mol. The average molecular weight is 595 g/mol. The number of hydrogen-bond donors (Lipinski definition) is 0. The summed E-state index contributed by atoms with van der Waals surface area (Å²) in [4.78, 5) is 2.71. The van der Waals surface area contributed by atoms with E-state index in [2.05, 4.69) is 121 Å². The van der Waals surface area contributed by atoms with Crippen molar-refractivity contribution in [3.63, 3.8) is 0 Å². The van der Waals surface area contributed by atoms with Gasteiger partial charge in [0, 0.05) is 20.6 Å². The highest BCUT2D eigenvalue weighted by atomic mass is 32.2. The molecule has 6 aliphatic rings. The first-order chi connectivity index (χ1) is 22.3. The normalized spacial score (nSPS) is 26.2. The lowest BCUT2D eigenvalue weighted by molar-refractivity contribution is -0.0399. The number of rotatable bonds is 2. The molecule has 0 amide bonds. The molecule has 0 radical (unpaired) electrons. The molecule has 4 bridgehead atoms. The topological polar surface area (TPSA) is 0 Å². The van der Waals surface area contributed by atoms with Crippen LogP contribution in [0.25, 0.3) is 55.3 Å². The zero-order valence-electron chi connectivity index (χ0n) is 25.3. The fourth-order valence-corrected chi connectivity index (χ4v) is 12.2. The van der Waals surface area contributed by atoms with Gasteiger partial charge in [-0.3, -0.25) is 0 Å². The summed E-state index contributed by atoms with van der Waals surface area (Å²) < 4.78 is 0. The number of hydrogen-bond acceptors (Lipinski definition) is 1. The Hall–Kier alpha value is -4.07. The van der Waals surface area contributed by atoms with Gasteiger partial charge in [-0.05, 0) is 135 Å². The van der Waals surface area contributed by atoms with Crippen LogP contribution in [0.2, 0.25) is 0 Å². The Bertz CT molecular complexity index is 2190. The predicted octanol–water partition coefficient (Wildman–Crippen LogP) is 12.0. The molecule has 0 N–H and O–H groups in total. The summed E-state index contributed by atoms with van der Waals surface area (Å²) in [7, 11) is 0. The highest BCUT2D eigenvalue weighted by Crippen LogP contribution is 2.69. The van der Waals surface area contributed by atoms with Crippen LogP contribution in [0.3, 0.4) is 0 Å². The molecule has 1 heteroatoms. The summed E-state index contributed by atoms with van der Waals surface area (Å²) >= 11 is 1.91. The maximum absolute atomic E-state index is 2.65. The van der Waals surface area contributed by atoms with E-state index in [1.54, 1.807) is 11.1 Å². The van der Waals surface area contributed by atoms with E-state index in [1.807, 2.05) is 11.8 Å². The molecule has 6 aromatic carbocycles. The largest absolute Gasteiger partial charge is 0.0888 e. The van der Waals surface area contributed by atoms with Crippen molar-refractivity contribution < 1.29 is 0 Å². The lowest BCUT2D eigenvalue weighted by Crippen LogP contribution is -2.55. The van der Waals surface area contributed by atoms with Crippen molar-refractivity contribution in [1.29, 1.82) is 0 Å². The molecule has 0 unspecified atom stereocenters. The summed E-state index contributed by atoms with van der Waals surface area (Å²) in [5.41, 5.74) is 14.5. The van der Waals surface area contributed by atoms with E-state index in [4.69, 9.17) is 0 Å². The Labute approximate surface area is 269 Å². The molecule has 0 aromatic heterocycles. The van der Waals surface area contributed by atoms with E-state index in [-0.39, 0.29) is 5.41 Å². The molecule has 5 aliphatic carbocycles. The molecule has 12 rings (SSSR count). The van der Waals surface area contributed by atoms with Crippen molar-refractivity contribution in [3.8, 4) is 44.5 Å². The molecule has 1 spiro atoms. The van der Waals surface area contributed by atoms with E-state index >= 15 is 0 Å². The first kappa shape index (κ1) is 25.2. The molecule has 0 saturated heterocycles. The molecule has 0 atom stereocenters. The van der Waals surface area contributed by atoms with Gasteiger partial charge in [0.15, 0.2) is 0 Å². The maximum Gasteiger partial charge on any atom is 0.0272 e. The minimum absolute atomic E-state index is 0.190. The van der Waals surface area contributed by atoms with Crippen molar-refractivity contribution >= 4 is 22.5 Å². The van der Waals surface area contributed by atoms with Gasteiger partial charge in [-0.15, -0.1) is 0 Å². The van der Waals surface area contributed by atoms with Gasteiger partial charge in [0.05, 0.1) is 0 Å². The second-order valence-electron chi connectivity index (χ2n) is 14.5. The second-order valence-corrected chi connectivity index (χ2v) is 15.5. The van der Waals surface area contributed by atoms with Crippen LogP contribution in [0.5, 0.6) is 0 Å². The van der Waals surface area contributed by atoms with E-state index in [9.17, 15) is 0 Å². The van der Waals surface area contributed by atoms with Crippen molar-refractivity contribution in [2.24, 2.45) is 23.7 Å². The van der Waals surface area contributed by atoms with Gasteiger partial charge < -0.3 is 0 Å². The quantitative estimate of drug-likeness (QED) is 0.192.